The van der Waals surface area contributed by atoms with Crippen LogP contribution in [0.5, 0.6) is 0 Å². The fraction of sp³-hybridized carbons (Fsp3) is 0.0909. The van der Waals surface area contributed by atoms with Gasteiger partial charge in [-0.3, -0.25) is 14.8 Å². The third-order valence-electron chi connectivity index (χ3n) is 5.31. The number of fused-ring (bicyclic) bond motifs is 1. The summed E-state index contributed by atoms with van der Waals surface area (Å²) in [5.41, 5.74) is 3.06. The quantitative estimate of drug-likeness (QED) is 0.300. The standard InChI is InChI=1S/C22H15ClF2N10/c1-35-18(2-3-30-35)21(17-10-29-34-33-17)31-12-4-14-19(32-13-6-16(24)22(25)28-9-13)11(7-26)8-27-20(14)15(23)5-12/h2-6,8-10,21,31H,1H3,(H,27,32)(H,29,33,34). The Kier molecular flexibility index (Phi) is 5.68. The molecule has 0 aliphatic carbocycles. The maximum atomic E-state index is 13.7. The van der Waals surface area contributed by atoms with Gasteiger partial charge >= 0.3 is 0 Å². The summed E-state index contributed by atoms with van der Waals surface area (Å²) < 4.78 is 28.8. The second-order valence-corrected chi connectivity index (χ2v) is 7.90. The highest BCUT2D eigenvalue weighted by atomic mass is 35.5. The molecule has 4 heterocycles. The summed E-state index contributed by atoms with van der Waals surface area (Å²) in [6.07, 6.45) is 5.80. The molecule has 0 fully saturated rings. The first-order valence-corrected chi connectivity index (χ1v) is 10.5. The molecular weight excluding hydrogens is 478 g/mol. The van der Waals surface area contributed by atoms with Gasteiger partial charge in [-0.25, -0.2) is 9.37 Å². The van der Waals surface area contributed by atoms with Crippen molar-refractivity contribution in [2.45, 2.75) is 6.04 Å². The number of H-pyrrole nitrogens is 1. The molecule has 5 aromatic rings. The number of benzene rings is 1. The van der Waals surface area contributed by atoms with Crippen molar-refractivity contribution in [3.05, 3.63) is 82.8 Å². The molecular formula is C22H15ClF2N10. The zero-order valence-electron chi connectivity index (χ0n) is 18.0. The third-order valence-corrected chi connectivity index (χ3v) is 5.60. The fourth-order valence-corrected chi connectivity index (χ4v) is 3.95. The van der Waals surface area contributed by atoms with Crippen molar-refractivity contribution >= 4 is 39.6 Å². The van der Waals surface area contributed by atoms with Crippen LogP contribution >= 0.6 is 11.6 Å². The number of aryl methyl sites for hydroxylation is 1. The Morgan fingerprint density at radius 3 is 2.71 bits per heavy atom. The number of nitriles is 1. The monoisotopic (exact) mass is 492 g/mol. The molecule has 10 nitrogen and oxygen atoms in total. The van der Waals surface area contributed by atoms with Crippen LogP contribution in [-0.2, 0) is 7.05 Å². The van der Waals surface area contributed by atoms with Crippen molar-refractivity contribution in [2.24, 2.45) is 7.05 Å². The minimum absolute atomic E-state index is 0.151. The number of halogens is 3. The van der Waals surface area contributed by atoms with Gasteiger partial charge in [-0.05, 0) is 18.2 Å². The summed E-state index contributed by atoms with van der Waals surface area (Å²) in [5, 5.41) is 31.6. The van der Waals surface area contributed by atoms with E-state index in [1.54, 1.807) is 36.3 Å². The van der Waals surface area contributed by atoms with E-state index in [0.29, 0.717) is 33.0 Å². The first-order valence-electron chi connectivity index (χ1n) is 10.2. The number of nitrogens with zero attached hydrogens (tertiary/aromatic N) is 7. The van der Waals surface area contributed by atoms with Crippen LogP contribution in [0.2, 0.25) is 5.02 Å². The minimum atomic E-state index is -1.22. The van der Waals surface area contributed by atoms with E-state index in [1.807, 2.05) is 6.07 Å². The largest absolute Gasteiger partial charge is 0.371 e. The molecule has 13 heteroatoms. The number of aromatic amines is 1. The van der Waals surface area contributed by atoms with Crippen LogP contribution in [0, 0.1) is 23.1 Å². The van der Waals surface area contributed by atoms with Crippen LogP contribution in [0.15, 0.2) is 49.1 Å². The van der Waals surface area contributed by atoms with Crippen molar-refractivity contribution in [1.82, 2.24) is 35.2 Å². The van der Waals surface area contributed by atoms with Gasteiger partial charge in [0, 0.05) is 42.8 Å². The zero-order chi connectivity index (χ0) is 24.5. The van der Waals surface area contributed by atoms with Gasteiger partial charge in [-0.15, -0.1) is 5.10 Å². The molecule has 0 bridgehead atoms. The summed E-state index contributed by atoms with van der Waals surface area (Å²) in [7, 11) is 1.80. The van der Waals surface area contributed by atoms with Gasteiger partial charge in [0.25, 0.3) is 0 Å². The molecule has 0 radical (unpaired) electrons. The average molecular weight is 493 g/mol. The lowest BCUT2D eigenvalue weighted by Crippen LogP contribution is -2.16. The van der Waals surface area contributed by atoms with Gasteiger partial charge in [0.2, 0.25) is 5.95 Å². The Balaban J connectivity index is 1.62. The lowest BCUT2D eigenvalue weighted by atomic mass is 10.1. The van der Waals surface area contributed by atoms with E-state index in [1.165, 1.54) is 6.20 Å². The summed E-state index contributed by atoms with van der Waals surface area (Å²) in [6, 6.07) is 7.84. The second kappa shape index (κ2) is 8.96. The van der Waals surface area contributed by atoms with Gasteiger partial charge < -0.3 is 10.6 Å². The molecule has 0 spiro atoms. The molecule has 0 saturated heterocycles. The van der Waals surface area contributed by atoms with Crippen molar-refractivity contribution in [3.63, 3.8) is 0 Å². The molecule has 4 aromatic heterocycles. The van der Waals surface area contributed by atoms with Crippen molar-refractivity contribution < 1.29 is 8.78 Å². The van der Waals surface area contributed by atoms with E-state index < -0.39 is 17.8 Å². The topological polar surface area (TPSA) is 133 Å². The summed E-state index contributed by atoms with van der Waals surface area (Å²) in [4.78, 5) is 7.69. The van der Waals surface area contributed by atoms with Gasteiger partial charge in [0.05, 0.1) is 39.4 Å². The van der Waals surface area contributed by atoms with E-state index in [0.717, 1.165) is 18.0 Å². The second-order valence-electron chi connectivity index (χ2n) is 7.49. The Morgan fingerprint density at radius 1 is 1.17 bits per heavy atom. The Labute approximate surface area is 201 Å². The van der Waals surface area contributed by atoms with Crippen LogP contribution in [0.4, 0.5) is 25.8 Å². The fourth-order valence-electron chi connectivity index (χ4n) is 3.68. The zero-order valence-corrected chi connectivity index (χ0v) is 18.7. The summed E-state index contributed by atoms with van der Waals surface area (Å²) >= 11 is 6.56. The molecule has 3 N–H and O–H groups in total. The Morgan fingerprint density at radius 2 is 2.03 bits per heavy atom. The van der Waals surface area contributed by atoms with Crippen LogP contribution in [0.1, 0.15) is 23.0 Å². The third kappa shape index (κ3) is 4.20. The lowest BCUT2D eigenvalue weighted by Gasteiger charge is -2.19. The van der Waals surface area contributed by atoms with Crippen molar-refractivity contribution in [3.8, 4) is 6.07 Å². The van der Waals surface area contributed by atoms with Crippen LogP contribution in [-0.4, -0.2) is 35.2 Å². The van der Waals surface area contributed by atoms with E-state index >= 15 is 0 Å². The molecule has 0 aliphatic rings. The normalized spacial score (nSPS) is 11.9. The van der Waals surface area contributed by atoms with Gasteiger partial charge in [0.1, 0.15) is 17.8 Å². The Hall–Kier alpha value is -4.63. The smallest absolute Gasteiger partial charge is 0.249 e. The average Bonchev–Trinajstić information content (AvgIpc) is 3.52. The van der Waals surface area contributed by atoms with Crippen molar-refractivity contribution in [2.75, 3.05) is 10.6 Å². The van der Waals surface area contributed by atoms with Gasteiger partial charge in [-0.1, -0.05) is 16.8 Å². The molecule has 35 heavy (non-hydrogen) atoms. The Bertz CT molecular complexity index is 1580. The highest BCUT2D eigenvalue weighted by Crippen LogP contribution is 2.36. The number of hydrogen-bond donors (Lipinski definition) is 3. The molecule has 174 valence electrons. The van der Waals surface area contributed by atoms with Crippen LogP contribution in [0.3, 0.4) is 0 Å². The first kappa shape index (κ1) is 22.2. The predicted octanol–water partition coefficient (Wildman–Crippen LogP) is 4.23. The molecule has 5 rings (SSSR count). The maximum absolute atomic E-state index is 13.7. The minimum Gasteiger partial charge on any atom is -0.371 e. The van der Waals surface area contributed by atoms with Crippen molar-refractivity contribution in [1.29, 1.82) is 5.26 Å². The highest BCUT2D eigenvalue weighted by molar-refractivity contribution is 6.36. The lowest BCUT2D eigenvalue weighted by molar-refractivity contribution is 0.480. The van der Waals surface area contributed by atoms with E-state index in [4.69, 9.17) is 11.6 Å². The first-order chi connectivity index (χ1) is 16.9. The summed E-state index contributed by atoms with van der Waals surface area (Å²) in [5.74, 6) is -2.35. The van der Waals surface area contributed by atoms with E-state index in [2.05, 4.69) is 47.2 Å². The predicted molar refractivity (Wildman–Crippen MR) is 124 cm³/mol. The number of aromatic nitrogens is 7. The number of rotatable bonds is 6. The number of nitrogens with one attached hydrogen (secondary N) is 3. The van der Waals surface area contributed by atoms with Crippen LogP contribution in [0.25, 0.3) is 10.9 Å². The molecule has 0 saturated carbocycles. The number of pyridine rings is 2. The van der Waals surface area contributed by atoms with E-state index in [9.17, 15) is 14.0 Å². The van der Waals surface area contributed by atoms with Gasteiger partial charge in [-0.2, -0.15) is 14.8 Å². The molecule has 1 unspecified atom stereocenters. The summed E-state index contributed by atoms with van der Waals surface area (Å²) in [6.45, 7) is 0. The number of anilines is 3. The van der Waals surface area contributed by atoms with Crippen LogP contribution < -0.4 is 10.6 Å². The molecule has 1 aromatic carbocycles. The maximum Gasteiger partial charge on any atom is 0.249 e. The molecule has 0 aliphatic heterocycles. The number of hydrogen-bond acceptors (Lipinski definition) is 8. The SMILES string of the molecule is Cn1nccc1C(Nc1cc(Cl)c2ncc(C#N)c(Nc3cnc(F)c(F)c3)c2c1)c1c[nH]nn1. The molecule has 1 atom stereocenters. The van der Waals surface area contributed by atoms with E-state index in [-0.39, 0.29) is 11.3 Å². The highest BCUT2D eigenvalue weighted by Gasteiger charge is 2.21. The van der Waals surface area contributed by atoms with Gasteiger partial charge in [0.15, 0.2) is 5.82 Å². The molecule has 0 amide bonds.